The zero-order valence-corrected chi connectivity index (χ0v) is 11.3. The second-order valence-corrected chi connectivity index (χ2v) is 5.16. The molecule has 1 atom stereocenters. The Labute approximate surface area is 113 Å². The minimum absolute atomic E-state index is 0.327. The maximum absolute atomic E-state index is 11.7. The van der Waals surface area contributed by atoms with Gasteiger partial charge in [0.15, 0.2) is 0 Å². The van der Waals surface area contributed by atoms with Gasteiger partial charge in [0.1, 0.15) is 5.82 Å². The van der Waals surface area contributed by atoms with Crippen LogP contribution in [0.5, 0.6) is 0 Å². The first kappa shape index (κ1) is 12.3. The van der Waals surface area contributed by atoms with E-state index in [2.05, 4.69) is 28.2 Å². The first-order valence-corrected chi connectivity index (χ1v) is 7.02. The van der Waals surface area contributed by atoms with E-state index < -0.39 is 0 Å². The molecule has 3 heterocycles. The van der Waals surface area contributed by atoms with Crippen LogP contribution in [0.25, 0.3) is 0 Å². The summed E-state index contributed by atoms with van der Waals surface area (Å²) in [7, 11) is 0. The van der Waals surface area contributed by atoms with Crippen LogP contribution in [0.2, 0.25) is 0 Å². The molecular formula is C14H20N4O. The summed E-state index contributed by atoms with van der Waals surface area (Å²) in [5, 5.41) is 3.24. The highest BCUT2D eigenvalue weighted by molar-refractivity contribution is 5.79. The lowest BCUT2D eigenvalue weighted by atomic mass is 10.1. The number of anilines is 2. The highest BCUT2D eigenvalue weighted by Crippen LogP contribution is 2.26. The van der Waals surface area contributed by atoms with Crippen molar-refractivity contribution in [1.82, 2.24) is 9.88 Å². The van der Waals surface area contributed by atoms with Crippen molar-refractivity contribution in [2.75, 3.05) is 36.4 Å². The van der Waals surface area contributed by atoms with Crippen molar-refractivity contribution in [1.29, 1.82) is 0 Å². The summed E-state index contributed by atoms with van der Waals surface area (Å²) in [6, 6.07) is 4.54. The summed E-state index contributed by atoms with van der Waals surface area (Å²) in [5.41, 5.74) is 1.20. The van der Waals surface area contributed by atoms with Gasteiger partial charge in [-0.2, -0.15) is 0 Å². The number of rotatable bonds is 3. The van der Waals surface area contributed by atoms with E-state index in [1.807, 2.05) is 17.2 Å². The molecule has 1 unspecified atom stereocenters. The molecule has 0 aliphatic carbocycles. The lowest BCUT2D eigenvalue weighted by Crippen LogP contribution is -2.51. The van der Waals surface area contributed by atoms with Crippen LogP contribution in [-0.4, -0.2) is 48.0 Å². The van der Waals surface area contributed by atoms with Gasteiger partial charge in [0.2, 0.25) is 5.91 Å². The molecular weight excluding hydrogens is 240 g/mol. The fourth-order valence-corrected chi connectivity index (χ4v) is 2.99. The standard InChI is InChI=1S/C14H20N4O/c1-2-15-13-9-11(5-6-16-13)17-7-8-18-12(10-17)3-4-14(18)19/h5-6,9,12H,2-4,7-8,10H2,1H3,(H,15,16). The molecule has 2 fully saturated rings. The number of aromatic nitrogens is 1. The molecule has 0 radical (unpaired) electrons. The van der Waals surface area contributed by atoms with E-state index >= 15 is 0 Å². The average Bonchev–Trinajstić information content (AvgIpc) is 2.81. The number of nitrogens with one attached hydrogen (secondary N) is 1. The van der Waals surface area contributed by atoms with Crippen molar-refractivity contribution in [3.63, 3.8) is 0 Å². The molecule has 1 N–H and O–H groups in total. The molecule has 19 heavy (non-hydrogen) atoms. The van der Waals surface area contributed by atoms with Crippen LogP contribution in [0.15, 0.2) is 18.3 Å². The molecule has 5 nitrogen and oxygen atoms in total. The van der Waals surface area contributed by atoms with E-state index in [1.54, 1.807) is 0 Å². The zero-order valence-electron chi connectivity index (χ0n) is 11.3. The molecule has 2 aliphatic heterocycles. The molecule has 3 rings (SSSR count). The molecule has 0 spiro atoms. The van der Waals surface area contributed by atoms with Crippen LogP contribution in [-0.2, 0) is 4.79 Å². The minimum atomic E-state index is 0.327. The van der Waals surface area contributed by atoms with Crippen molar-refractivity contribution in [3.05, 3.63) is 18.3 Å². The van der Waals surface area contributed by atoms with Crippen molar-refractivity contribution < 1.29 is 4.79 Å². The van der Waals surface area contributed by atoms with Gasteiger partial charge in [-0.15, -0.1) is 0 Å². The van der Waals surface area contributed by atoms with E-state index in [4.69, 9.17) is 0 Å². The minimum Gasteiger partial charge on any atom is -0.370 e. The van der Waals surface area contributed by atoms with Crippen LogP contribution in [0.1, 0.15) is 19.8 Å². The van der Waals surface area contributed by atoms with E-state index in [1.165, 1.54) is 5.69 Å². The topological polar surface area (TPSA) is 48.5 Å². The summed E-state index contributed by atoms with van der Waals surface area (Å²) in [5.74, 6) is 1.25. The van der Waals surface area contributed by atoms with E-state index in [9.17, 15) is 4.79 Å². The summed E-state index contributed by atoms with van der Waals surface area (Å²) in [6.45, 7) is 5.65. The van der Waals surface area contributed by atoms with Crippen molar-refractivity contribution >= 4 is 17.4 Å². The predicted octanol–water partition coefficient (Wildman–Crippen LogP) is 1.32. The third-order valence-corrected chi connectivity index (χ3v) is 3.96. The van der Waals surface area contributed by atoms with E-state index in [-0.39, 0.29) is 0 Å². The van der Waals surface area contributed by atoms with Crippen LogP contribution in [0, 0.1) is 0 Å². The predicted molar refractivity (Wildman–Crippen MR) is 75.3 cm³/mol. The second kappa shape index (κ2) is 5.07. The van der Waals surface area contributed by atoms with Crippen molar-refractivity contribution in [3.8, 4) is 0 Å². The number of carbonyl (C=O) groups is 1. The molecule has 1 aromatic rings. The van der Waals surface area contributed by atoms with Gasteiger partial charge in [0, 0.05) is 56.6 Å². The third-order valence-electron chi connectivity index (χ3n) is 3.96. The first-order chi connectivity index (χ1) is 9.28. The molecule has 0 saturated carbocycles. The zero-order chi connectivity index (χ0) is 13.2. The maximum atomic E-state index is 11.7. The summed E-state index contributed by atoms with van der Waals surface area (Å²) >= 11 is 0. The van der Waals surface area contributed by atoms with E-state index in [0.29, 0.717) is 11.9 Å². The lowest BCUT2D eigenvalue weighted by molar-refractivity contribution is -0.129. The van der Waals surface area contributed by atoms with Gasteiger partial charge >= 0.3 is 0 Å². The number of hydrogen-bond acceptors (Lipinski definition) is 4. The van der Waals surface area contributed by atoms with Crippen LogP contribution in [0.4, 0.5) is 11.5 Å². The number of amides is 1. The number of fused-ring (bicyclic) bond motifs is 1. The number of piperazine rings is 1. The van der Waals surface area contributed by atoms with Crippen molar-refractivity contribution in [2.45, 2.75) is 25.8 Å². The van der Waals surface area contributed by atoms with Crippen LogP contribution >= 0.6 is 0 Å². The monoisotopic (exact) mass is 260 g/mol. The molecule has 1 aromatic heterocycles. The third kappa shape index (κ3) is 2.37. The Morgan fingerprint density at radius 1 is 1.47 bits per heavy atom. The summed E-state index contributed by atoms with van der Waals surface area (Å²) in [6.07, 6.45) is 3.57. The lowest BCUT2D eigenvalue weighted by Gasteiger charge is -2.38. The van der Waals surface area contributed by atoms with Gasteiger partial charge in [-0.05, 0) is 19.4 Å². The first-order valence-electron chi connectivity index (χ1n) is 7.02. The van der Waals surface area contributed by atoms with Gasteiger partial charge in [-0.3, -0.25) is 4.79 Å². The highest BCUT2D eigenvalue weighted by Gasteiger charge is 2.35. The molecule has 5 heteroatoms. The van der Waals surface area contributed by atoms with Gasteiger partial charge in [0.25, 0.3) is 0 Å². The van der Waals surface area contributed by atoms with E-state index in [0.717, 1.165) is 44.8 Å². The molecule has 102 valence electrons. The Bertz CT molecular complexity index is 476. The Morgan fingerprint density at radius 3 is 3.21 bits per heavy atom. The average molecular weight is 260 g/mol. The number of carbonyl (C=O) groups excluding carboxylic acids is 1. The van der Waals surface area contributed by atoms with Gasteiger partial charge < -0.3 is 15.1 Å². The normalized spacial score (nSPS) is 22.6. The Hall–Kier alpha value is -1.78. The molecule has 1 amide bonds. The Balaban J connectivity index is 1.73. The summed E-state index contributed by atoms with van der Waals surface area (Å²) < 4.78 is 0. The molecule has 2 aliphatic rings. The fourth-order valence-electron chi connectivity index (χ4n) is 2.99. The quantitative estimate of drug-likeness (QED) is 0.890. The Kier molecular flexibility index (Phi) is 3.27. The maximum Gasteiger partial charge on any atom is 0.223 e. The molecule has 2 saturated heterocycles. The largest absolute Gasteiger partial charge is 0.370 e. The van der Waals surface area contributed by atoms with Gasteiger partial charge in [0.05, 0.1) is 0 Å². The van der Waals surface area contributed by atoms with Gasteiger partial charge in [-0.25, -0.2) is 4.98 Å². The Morgan fingerprint density at radius 2 is 2.37 bits per heavy atom. The fraction of sp³-hybridized carbons (Fsp3) is 0.571. The number of pyridine rings is 1. The molecule has 0 aromatic carbocycles. The second-order valence-electron chi connectivity index (χ2n) is 5.16. The van der Waals surface area contributed by atoms with Crippen molar-refractivity contribution in [2.24, 2.45) is 0 Å². The SMILES string of the molecule is CCNc1cc(N2CCN3C(=O)CCC3C2)ccn1. The number of hydrogen-bond donors (Lipinski definition) is 1. The van der Waals surface area contributed by atoms with Crippen LogP contribution in [0.3, 0.4) is 0 Å². The van der Waals surface area contributed by atoms with Gasteiger partial charge in [-0.1, -0.05) is 0 Å². The van der Waals surface area contributed by atoms with Crippen LogP contribution < -0.4 is 10.2 Å². The highest BCUT2D eigenvalue weighted by atomic mass is 16.2. The smallest absolute Gasteiger partial charge is 0.223 e. The number of nitrogens with zero attached hydrogens (tertiary/aromatic N) is 3. The molecule has 0 bridgehead atoms. The summed E-state index contributed by atoms with van der Waals surface area (Å²) in [4.78, 5) is 20.4.